The second kappa shape index (κ2) is 6.81. The number of nitrogens with one attached hydrogen (secondary N) is 2. The van der Waals surface area contributed by atoms with Crippen molar-refractivity contribution in [3.05, 3.63) is 65.0 Å². The maximum Gasteiger partial charge on any atom is 0.159 e. The minimum atomic E-state index is 0.486. The van der Waals surface area contributed by atoms with E-state index in [1.807, 2.05) is 6.07 Å². The molecular weight excluding hydrogens is 310 g/mol. The van der Waals surface area contributed by atoms with Gasteiger partial charge in [0.15, 0.2) is 11.6 Å². The van der Waals surface area contributed by atoms with Crippen molar-refractivity contribution in [3.8, 4) is 0 Å². The molecule has 3 rings (SSSR count). The van der Waals surface area contributed by atoms with E-state index < -0.39 is 0 Å². The van der Waals surface area contributed by atoms with Crippen molar-refractivity contribution in [2.75, 3.05) is 16.4 Å². The minimum Gasteiger partial charge on any atom is -0.393 e. The molecule has 0 spiro atoms. The van der Waals surface area contributed by atoms with Gasteiger partial charge >= 0.3 is 0 Å². The SMILES string of the molecule is Cc1cc(C)cc(Nc2ncnc(Nc3ccc(C)c(C)c3)c2N)c1. The predicted molar refractivity (Wildman–Crippen MR) is 105 cm³/mol. The molecule has 2 aromatic carbocycles. The summed E-state index contributed by atoms with van der Waals surface area (Å²) < 4.78 is 0. The van der Waals surface area contributed by atoms with E-state index in [1.165, 1.54) is 28.6 Å². The fourth-order valence-corrected chi connectivity index (χ4v) is 2.73. The average molecular weight is 333 g/mol. The fraction of sp³-hybridized carbons (Fsp3) is 0.200. The van der Waals surface area contributed by atoms with Gasteiger partial charge in [-0.15, -0.1) is 0 Å². The van der Waals surface area contributed by atoms with E-state index in [0.717, 1.165) is 11.4 Å². The van der Waals surface area contributed by atoms with Gasteiger partial charge in [0.25, 0.3) is 0 Å². The summed E-state index contributed by atoms with van der Waals surface area (Å²) in [5.74, 6) is 1.18. The van der Waals surface area contributed by atoms with Crippen molar-refractivity contribution < 1.29 is 0 Å². The van der Waals surface area contributed by atoms with Crippen LogP contribution in [0.3, 0.4) is 0 Å². The number of nitrogens with two attached hydrogens (primary N) is 1. The maximum absolute atomic E-state index is 6.27. The first-order chi connectivity index (χ1) is 11.9. The quantitative estimate of drug-likeness (QED) is 0.640. The van der Waals surface area contributed by atoms with Crippen LogP contribution in [0.5, 0.6) is 0 Å². The largest absolute Gasteiger partial charge is 0.393 e. The van der Waals surface area contributed by atoms with Crippen molar-refractivity contribution in [1.29, 1.82) is 0 Å². The highest BCUT2D eigenvalue weighted by atomic mass is 15.1. The smallest absolute Gasteiger partial charge is 0.159 e. The molecule has 128 valence electrons. The van der Waals surface area contributed by atoms with Gasteiger partial charge in [-0.2, -0.15) is 0 Å². The Morgan fingerprint density at radius 2 is 1.32 bits per heavy atom. The monoisotopic (exact) mass is 333 g/mol. The molecule has 1 heterocycles. The zero-order chi connectivity index (χ0) is 18.0. The van der Waals surface area contributed by atoms with Gasteiger partial charge in [-0.1, -0.05) is 12.1 Å². The number of aromatic nitrogens is 2. The Labute approximate surface area is 148 Å². The van der Waals surface area contributed by atoms with Gasteiger partial charge in [0, 0.05) is 11.4 Å². The molecule has 1 aromatic heterocycles. The third-order valence-corrected chi connectivity index (χ3v) is 4.14. The lowest BCUT2D eigenvalue weighted by Crippen LogP contribution is -2.05. The number of nitrogen functional groups attached to an aromatic ring is 1. The molecule has 0 amide bonds. The van der Waals surface area contributed by atoms with E-state index >= 15 is 0 Å². The number of aryl methyl sites for hydroxylation is 4. The average Bonchev–Trinajstić information content (AvgIpc) is 2.54. The van der Waals surface area contributed by atoms with Crippen LogP contribution in [0.4, 0.5) is 28.7 Å². The second-order valence-electron chi connectivity index (χ2n) is 6.41. The van der Waals surface area contributed by atoms with Crippen LogP contribution < -0.4 is 16.4 Å². The first-order valence-electron chi connectivity index (χ1n) is 8.22. The number of anilines is 5. The van der Waals surface area contributed by atoms with Crippen LogP contribution >= 0.6 is 0 Å². The summed E-state index contributed by atoms with van der Waals surface area (Å²) in [5, 5.41) is 6.56. The van der Waals surface area contributed by atoms with Crippen molar-refractivity contribution >= 4 is 28.7 Å². The van der Waals surface area contributed by atoms with Crippen molar-refractivity contribution in [2.45, 2.75) is 27.7 Å². The minimum absolute atomic E-state index is 0.486. The summed E-state index contributed by atoms with van der Waals surface area (Å²) in [5.41, 5.74) is 13.5. The molecule has 25 heavy (non-hydrogen) atoms. The molecule has 0 aliphatic heterocycles. The molecule has 0 saturated heterocycles. The molecule has 0 bridgehead atoms. The summed E-state index contributed by atoms with van der Waals surface area (Å²) in [7, 11) is 0. The molecule has 5 nitrogen and oxygen atoms in total. The summed E-state index contributed by atoms with van der Waals surface area (Å²) in [4.78, 5) is 8.56. The molecule has 0 fully saturated rings. The molecule has 5 heteroatoms. The van der Waals surface area contributed by atoms with Gasteiger partial charge < -0.3 is 16.4 Å². The third kappa shape index (κ3) is 3.88. The highest BCUT2D eigenvalue weighted by Crippen LogP contribution is 2.29. The molecule has 4 N–H and O–H groups in total. The van der Waals surface area contributed by atoms with E-state index in [4.69, 9.17) is 5.73 Å². The molecular formula is C20H23N5. The molecule has 0 radical (unpaired) electrons. The highest BCUT2D eigenvalue weighted by molar-refractivity contribution is 5.80. The Balaban J connectivity index is 1.87. The van der Waals surface area contributed by atoms with Crippen LogP contribution in [-0.4, -0.2) is 9.97 Å². The first-order valence-corrected chi connectivity index (χ1v) is 8.22. The Morgan fingerprint density at radius 3 is 1.92 bits per heavy atom. The standard InChI is InChI=1S/C20H23N5/c1-12-7-13(2)9-17(8-12)25-20-18(21)19(22-11-23-20)24-16-6-5-14(3)15(4)10-16/h5-11H,21H2,1-4H3,(H2,22,23,24,25). The Morgan fingerprint density at radius 1 is 0.720 bits per heavy atom. The Bertz CT molecular complexity index is 898. The zero-order valence-electron chi connectivity index (χ0n) is 15.0. The van der Waals surface area contributed by atoms with Gasteiger partial charge in [0.05, 0.1) is 0 Å². The van der Waals surface area contributed by atoms with Crippen LogP contribution in [0, 0.1) is 27.7 Å². The summed E-state index contributed by atoms with van der Waals surface area (Å²) in [6, 6.07) is 12.4. The van der Waals surface area contributed by atoms with Gasteiger partial charge in [-0.3, -0.25) is 0 Å². The third-order valence-electron chi connectivity index (χ3n) is 4.14. The van der Waals surface area contributed by atoms with E-state index in [-0.39, 0.29) is 0 Å². The fourth-order valence-electron chi connectivity index (χ4n) is 2.73. The van der Waals surface area contributed by atoms with Gasteiger partial charge in [0.1, 0.15) is 12.0 Å². The van der Waals surface area contributed by atoms with E-state index in [0.29, 0.717) is 17.3 Å². The first kappa shape index (κ1) is 16.8. The lowest BCUT2D eigenvalue weighted by atomic mass is 10.1. The number of hydrogen-bond acceptors (Lipinski definition) is 5. The predicted octanol–water partition coefficient (Wildman–Crippen LogP) is 4.78. The molecule has 0 unspecified atom stereocenters. The molecule has 0 aliphatic carbocycles. The highest BCUT2D eigenvalue weighted by Gasteiger charge is 2.09. The van der Waals surface area contributed by atoms with Crippen LogP contribution in [0.25, 0.3) is 0 Å². The van der Waals surface area contributed by atoms with Crippen molar-refractivity contribution in [2.24, 2.45) is 0 Å². The van der Waals surface area contributed by atoms with Gasteiger partial charge in [0.2, 0.25) is 0 Å². The number of benzene rings is 2. The zero-order valence-corrected chi connectivity index (χ0v) is 15.0. The topological polar surface area (TPSA) is 75.9 Å². The molecule has 3 aromatic rings. The second-order valence-corrected chi connectivity index (χ2v) is 6.41. The van der Waals surface area contributed by atoms with Crippen LogP contribution in [-0.2, 0) is 0 Å². The number of nitrogens with zero attached hydrogens (tertiary/aromatic N) is 2. The Hall–Kier alpha value is -3.08. The van der Waals surface area contributed by atoms with Crippen LogP contribution in [0.1, 0.15) is 22.3 Å². The van der Waals surface area contributed by atoms with E-state index in [9.17, 15) is 0 Å². The summed E-state index contributed by atoms with van der Waals surface area (Å²) in [6.45, 7) is 8.30. The normalized spacial score (nSPS) is 10.6. The van der Waals surface area contributed by atoms with E-state index in [1.54, 1.807) is 0 Å². The number of hydrogen-bond donors (Lipinski definition) is 3. The summed E-state index contributed by atoms with van der Waals surface area (Å²) in [6.07, 6.45) is 1.50. The lowest BCUT2D eigenvalue weighted by molar-refractivity contribution is 1.17. The Kier molecular flexibility index (Phi) is 4.57. The maximum atomic E-state index is 6.27. The molecule has 0 aliphatic rings. The number of rotatable bonds is 4. The van der Waals surface area contributed by atoms with Crippen LogP contribution in [0.15, 0.2) is 42.7 Å². The van der Waals surface area contributed by atoms with Crippen molar-refractivity contribution in [1.82, 2.24) is 9.97 Å². The van der Waals surface area contributed by atoms with Crippen LogP contribution in [0.2, 0.25) is 0 Å². The van der Waals surface area contributed by atoms with Crippen molar-refractivity contribution in [3.63, 3.8) is 0 Å². The molecule has 0 saturated carbocycles. The van der Waals surface area contributed by atoms with Gasteiger partial charge in [-0.05, 0) is 74.2 Å². The van der Waals surface area contributed by atoms with E-state index in [2.05, 4.69) is 78.6 Å². The summed E-state index contributed by atoms with van der Waals surface area (Å²) >= 11 is 0. The van der Waals surface area contributed by atoms with Gasteiger partial charge in [-0.25, -0.2) is 9.97 Å². The molecule has 0 atom stereocenters. The lowest BCUT2D eigenvalue weighted by Gasteiger charge is -2.14.